The van der Waals surface area contributed by atoms with Crippen LogP contribution in [0.5, 0.6) is 5.75 Å². The van der Waals surface area contributed by atoms with Gasteiger partial charge in [-0.2, -0.15) is 5.10 Å². The monoisotopic (exact) mass is 394 g/mol. The van der Waals surface area contributed by atoms with Crippen molar-refractivity contribution in [1.29, 1.82) is 0 Å². The molecule has 0 radical (unpaired) electrons. The zero-order valence-corrected chi connectivity index (χ0v) is 16.3. The molecule has 150 valence electrons. The van der Waals surface area contributed by atoms with Crippen molar-refractivity contribution in [2.24, 2.45) is 0 Å². The van der Waals surface area contributed by atoms with Crippen molar-refractivity contribution in [3.05, 3.63) is 66.0 Å². The van der Waals surface area contributed by atoms with Crippen molar-refractivity contribution in [1.82, 2.24) is 20.1 Å². The van der Waals surface area contributed by atoms with Crippen LogP contribution in [0, 0.1) is 12.7 Å². The zero-order valence-electron chi connectivity index (χ0n) is 16.3. The smallest absolute Gasteiger partial charge is 0.220 e. The lowest BCUT2D eigenvalue weighted by molar-refractivity contribution is -0.122. The summed E-state index contributed by atoms with van der Waals surface area (Å²) < 4.78 is 21.9. The van der Waals surface area contributed by atoms with Crippen LogP contribution in [-0.2, 0) is 11.3 Å². The summed E-state index contributed by atoms with van der Waals surface area (Å²) in [5.41, 5.74) is 3.08. The molecule has 0 saturated heterocycles. The van der Waals surface area contributed by atoms with E-state index in [-0.39, 0.29) is 17.8 Å². The largest absolute Gasteiger partial charge is 0.493 e. The fourth-order valence-corrected chi connectivity index (χ4v) is 3.58. The molecule has 7 heteroatoms. The predicted octanol–water partition coefficient (Wildman–Crippen LogP) is 3.81. The van der Waals surface area contributed by atoms with Gasteiger partial charge in [-0.05, 0) is 42.7 Å². The van der Waals surface area contributed by atoms with Gasteiger partial charge in [-0.25, -0.2) is 9.37 Å². The maximum Gasteiger partial charge on any atom is 0.220 e. The number of carbonyl (C=O) groups excluding carboxylic acids is 1. The van der Waals surface area contributed by atoms with E-state index in [1.54, 1.807) is 17.1 Å². The van der Waals surface area contributed by atoms with E-state index in [0.717, 1.165) is 22.4 Å². The summed E-state index contributed by atoms with van der Waals surface area (Å²) in [6.07, 6.45) is 4.88. The van der Waals surface area contributed by atoms with E-state index >= 15 is 0 Å². The van der Waals surface area contributed by atoms with Gasteiger partial charge in [0.15, 0.2) is 0 Å². The van der Waals surface area contributed by atoms with Crippen molar-refractivity contribution in [2.45, 2.75) is 38.8 Å². The molecule has 0 saturated carbocycles. The van der Waals surface area contributed by atoms with Crippen molar-refractivity contribution in [2.75, 3.05) is 6.61 Å². The highest BCUT2D eigenvalue weighted by Crippen LogP contribution is 2.36. The summed E-state index contributed by atoms with van der Waals surface area (Å²) in [5, 5.41) is 7.14. The molecule has 6 nitrogen and oxygen atoms in total. The summed E-state index contributed by atoms with van der Waals surface area (Å²) in [6.45, 7) is 3.05. The van der Waals surface area contributed by atoms with Gasteiger partial charge < -0.3 is 10.1 Å². The summed E-state index contributed by atoms with van der Waals surface area (Å²) in [7, 11) is 0. The van der Waals surface area contributed by atoms with Crippen molar-refractivity contribution in [3.63, 3.8) is 0 Å². The third-order valence-corrected chi connectivity index (χ3v) is 5.08. The number of halogens is 1. The molecule has 0 spiro atoms. The third-order valence-electron chi connectivity index (χ3n) is 5.08. The zero-order chi connectivity index (χ0) is 20.2. The minimum absolute atomic E-state index is 0.0186. The van der Waals surface area contributed by atoms with E-state index < -0.39 is 0 Å². The molecule has 29 heavy (non-hydrogen) atoms. The van der Waals surface area contributed by atoms with E-state index in [4.69, 9.17) is 4.74 Å². The standard InChI is InChI=1S/C22H23FN4O2/c1-15-4-6-17(19(23)11-15)16-5-7-21-18(12-16)20(8-10-29-21)26-22(28)3-2-9-27-14-24-13-25-27/h4-7,11-14,20H,2-3,8-10H2,1H3,(H,26,28). The summed E-state index contributed by atoms with van der Waals surface area (Å²) in [5.74, 6) is 0.464. The first-order valence-electron chi connectivity index (χ1n) is 9.75. The molecule has 0 fully saturated rings. The summed E-state index contributed by atoms with van der Waals surface area (Å²) >= 11 is 0. The lowest BCUT2D eigenvalue weighted by Crippen LogP contribution is -2.32. The second kappa shape index (κ2) is 8.43. The first kappa shape index (κ1) is 19.1. The summed E-state index contributed by atoms with van der Waals surface area (Å²) in [4.78, 5) is 16.3. The van der Waals surface area contributed by atoms with Gasteiger partial charge in [-0.1, -0.05) is 18.2 Å². The lowest BCUT2D eigenvalue weighted by atomic mass is 9.94. The van der Waals surface area contributed by atoms with Gasteiger partial charge in [0.2, 0.25) is 5.91 Å². The second-order valence-electron chi connectivity index (χ2n) is 7.26. The minimum atomic E-state index is -0.254. The molecule has 0 bridgehead atoms. The van der Waals surface area contributed by atoms with Crippen molar-refractivity contribution in [3.8, 4) is 16.9 Å². The molecule has 1 aliphatic rings. The molecule has 1 N–H and O–H groups in total. The number of amides is 1. The molecular weight excluding hydrogens is 371 g/mol. The Morgan fingerprint density at radius 3 is 3.00 bits per heavy atom. The lowest BCUT2D eigenvalue weighted by Gasteiger charge is -2.27. The molecule has 1 aliphatic heterocycles. The van der Waals surface area contributed by atoms with Crippen LogP contribution in [0.3, 0.4) is 0 Å². The Morgan fingerprint density at radius 2 is 2.21 bits per heavy atom. The van der Waals surface area contributed by atoms with Crippen LogP contribution in [0.15, 0.2) is 49.1 Å². The molecule has 4 rings (SSSR count). The fraction of sp³-hybridized carbons (Fsp3) is 0.318. The molecule has 0 aliphatic carbocycles. The molecule has 3 aromatic rings. The first-order chi connectivity index (χ1) is 14.1. The number of ether oxygens (including phenoxy) is 1. The van der Waals surface area contributed by atoms with E-state index in [2.05, 4.69) is 15.4 Å². The minimum Gasteiger partial charge on any atom is -0.493 e. The Hall–Kier alpha value is -3.22. The first-order valence-corrected chi connectivity index (χ1v) is 9.75. The number of fused-ring (bicyclic) bond motifs is 1. The normalized spacial score (nSPS) is 15.4. The van der Waals surface area contributed by atoms with E-state index in [1.165, 1.54) is 12.4 Å². The highest BCUT2D eigenvalue weighted by molar-refractivity contribution is 5.77. The average molecular weight is 394 g/mol. The number of nitrogens with zero attached hydrogens (tertiary/aromatic N) is 3. The Bertz CT molecular complexity index is 1000. The Morgan fingerprint density at radius 1 is 1.31 bits per heavy atom. The van der Waals surface area contributed by atoms with Crippen LogP contribution < -0.4 is 10.1 Å². The number of aryl methyl sites for hydroxylation is 2. The van der Waals surface area contributed by atoms with Crippen LogP contribution in [0.4, 0.5) is 4.39 Å². The maximum atomic E-state index is 14.4. The van der Waals surface area contributed by atoms with Crippen LogP contribution in [0.2, 0.25) is 0 Å². The highest BCUT2D eigenvalue weighted by atomic mass is 19.1. The molecular formula is C22H23FN4O2. The van der Waals surface area contributed by atoms with Gasteiger partial charge in [-0.15, -0.1) is 0 Å². The molecule has 1 atom stereocenters. The number of benzene rings is 2. The summed E-state index contributed by atoms with van der Waals surface area (Å²) in [6, 6.07) is 10.7. The Balaban J connectivity index is 1.47. The van der Waals surface area contributed by atoms with Crippen molar-refractivity contribution < 1.29 is 13.9 Å². The van der Waals surface area contributed by atoms with Gasteiger partial charge in [0.25, 0.3) is 0 Å². The number of hydrogen-bond acceptors (Lipinski definition) is 4. The Kier molecular flexibility index (Phi) is 5.55. The third kappa shape index (κ3) is 4.45. The van der Waals surface area contributed by atoms with Crippen molar-refractivity contribution >= 4 is 5.91 Å². The molecule has 2 aromatic carbocycles. The van der Waals surface area contributed by atoms with E-state index in [1.807, 2.05) is 31.2 Å². The van der Waals surface area contributed by atoms with Gasteiger partial charge >= 0.3 is 0 Å². The molecule has 1 aromatic heterocycles. The van der Waals surface area contributed by atoms with Crippen LogP contribution in [-0.4, -0.2) is 27.3 Å². The quantitative estimate of drug-likeness (QED) is 0.690. The van der Waals surface area contributed by atoms with Gasteiger partial charge in [0.05, 0.1) is 12.6 Å². The van der Waals surface area contributed by atoms with Crippen LogP contribution in [0.25, 0.3) is 11.1 Å². The highest BCUT2D eigenvalue weighted by Gasteiger charge is 2.24. The maximum absolute atomic E-state index is 14.4. The fourth-order valence-electron chi connectivity index (χ4n) is 3.58. The number of carbonyl (C=O) groups is 1. The van der Waals surface area contributed by atoms with Crippen LogP contribution in [0.1, 0.15) is 36.4 Å². The molecule has 2 heterocycles. The number of nitrogens with one attached hydrogen (secondary N) is 1. The van der Waals surface area contributed by atoms with Gasteiger partial charge in [0.1, 0.15) is 24.2 Å². The van der Waals surface area contributed by atoms with Gasteiger partial charge in [0, 0.05) is 30.5 Å². The topological polar surface area (TPSA) is 69.0 Å². The van der Waals surface area contributed by atoms with Gasteiger partial charge in [-0.3, -0.25) is 9.48 Å². The Labute approximate surface area is 168 Å². The molecule has 1 amide bonds. The van der Waals surface area contributed by atoms with E-state index in [9.17, 15) is 9.18 Å². The number of rotatable bonds is 6. The predicted molar refractivity (Wildman–Crippen MR) is 107 cm³/mol. The number of aromatic nitrogens is 3. The van der Waals surface area contributed by atoms with Crippen LogP contribution >= 0.6 is 0 Å². The van der Waals surface area contributed by atoms with E-state index in [0.29, 0.717) is 38.0 Å². The molecule has 1 unspecified atom stereocenters. The SMILES string of the molecule is Cc1ccc(-c2ccc3c(c2)C(NC(=O)CCCn2cncn2)CCO3)c(F)c1. The second-order valence-corrected chi connectivity index (χ2v) is 7.26. The number of hydrogen-bond donors (Lipinski definition) is 1. The average Bonchev–Trinajstić information content (AvgIpc) is 3.21.